The van der Waals surface area contributed by atoms with Crippen LogP contribution in [-0.2, 0) is 6.42 Å². The largest absolute Gasteiger partial charge is 0.307 e. The van der Waals surface area contributed by atoms with E-state index in [0.717, 1.165) is 13.0 Å². The van der Waals surface area contributed by atoms with E-state index in [2.05, 4.69) is 67.2 Å². The zero-order valence-electron chi connectivity index (χ0n) is 12.0. The van der Waals surface area contributed by atoms with Gasteiger partial charge in [0, 0.05) is 0 Å². The van der Waals surface area contributed by atoms with Gasteiger partial charge in [-0.3, -0.25) is 0 Å². The van der Waals surface area contributed by atoms with E-state index in [9.17, 15) is 0 Å². The summed E-state index contributed by atoms with van der Waals surface area (Å²) < 4.78 is 0. The third-order valence-electron chi connectivity index (χ3n) is 3.21. The maximum Gasteiger partial charge on any atom is 0.0584 e. The first-order chi connectivity index (χ1) is 9.20. The molecule has 2 aromatic rings. The molecule has 1 aromatic heterocycles. The molecule has 0 aliphatic rings. The summed E-state index contributed by atoms with van der Waals surface area (Å²) in [6, 6.07) is 11.5. The van der Waals surface area contributed by atoms with E-state index in [0.29, 0.717) is 12.0 Å². The van der Waals surface area contributed by atoms with Crippen molar-refractivity contribution in [2.75, 3.05) is 6.54 Å². The Morgan fingerprint density at radius 1 is 1.16 bits per heavy atom. The second-order valence-corrected chi connectivity index (χ2v) is 6.17. The van der Waals surface area contributed by atoms with Gasteiger partial charge >= 0.3 is 0 Å². The number of benzene rings is 1. The summed E-state index contributed by atoms with van der Waals surface area (Å²) in [6.07, 6.45) is 1.15. The Kier molecular flexibility index (Phi) is 5.17. The van der Waals surface area contributed by atoms with Crippen LogP contribution in [0.5, 0.6) is 0 Å². The minimum atomic E-state index is 0.323. The molecule has 102 valence electrons. The van der Waals surface area contributed by atoms with Gasteiger partial charge in [0.25, 0.3) is 0 Å². The summed E-state index contributed by atoms with van der Waals surface area (Å²) in [7, 11) is 0. The molecule has 0 aliphatic heterocycles. The van der Waals surface area contributed by atoms with Crippen LogP contribution >= 0.6 is 11.3 Å². The molecule has 19 heavy (non-hydrogen) atoms. The first-order valence-corrected chi connectivity index (χ1v) is 7.99. The number of hydrogen-bond donors (Lipinski definition) is 1. The van der Waals surface area contributed by atoms with Crippen molar-refractivity contribution in [1.29, 1.82) is 0 Å². The highest BCUT2D eigenvalue weighted by Crippen LogP contribution is 2.25. The molecule has 0 saturated carbocycles. The fourth-order valence-corrected chi connectivity index (χ4v) is 3.13. The lowest BCUT2D eigenvalue weighted by molar-refractivity contribution is 0.625. The number of nitrogens with one attached hydrogen (secondary N) is 1. The van der Waals surface area contributed by atoms with Crippen molar-refractivity contribution in [3.8, 4) is 0 Å². The standard InChI is InChI=1S/C17H23NS/c1-4-18-17(16-8-9-19-12-16)15-7-5-6-14(11-15)10-13(2)3/h5-9,11-13,17-18H,4,10H2,1-3H3. The first-order valence-electron chi connectivity index (χ1n) is 7.05. The van der Waals surface area contributed by atoms with Gasteiger partial charge in [-0.15, -0.1) is 0 Å². The van der Waals surface area contributed by atoms with Gasteiger partial charge in [-0.1, -0.05) is 45.0 Å². The predicted octanol–water partition coefficient (Wildman–Crippen LogP) is 4.65. The van der Waals surface area contributed by atoms with Crippen LogP contribution in [0, 0.1) is 5.92 Å². The predicted molar refractivity (Wildman–Crippen MR) is 84.8 cm³/mol. The molecular formula is C17H23NS. The number of hydrogen-bond acceptors (Lipinski definition) is 2. The summed E-state index contributed by atoms with van der Waals surface area (Å²) >= 11 is 1.76. The Balaban J connectivity index is 2.26. The van der Waals surface area contributed by atoms with Crippen molar-refractivity contribution in [1.82, 2.24) is 5.32 Å². The molecule has 1 aromatic carbocycles. The van der Waals surface area contributed by atoms with E-state index in [4.69, 9.17) is 0 Å². The molecule has 1 nitrogen and oxygen atoms in total. The lowest BCUT2D eigenvalue weighted by Gasteiger charge is -2.18. The Bertz CT molecular complexity index is 488. The van der Waals surface area contributed by atoms with Gasteiger partial charge in [0.15, 0.2) is 0 Å². The summed E-state index contributed by atoms with van der Waals surface area (Å²) in [5.74, 6) is 0.703. The highest BCUT2D eigenvalue weighted by molar-refractivity contribution is 7.08. The minimum Gasteiger partial charge on any atom is -0.307 e. The van der Waals surface area contributed by atoms with Crippen LogP contribution in [0.25, 0.3) is 0 Å². The third kappa shape index (κ3) is 3.92. The van der Waals surface area contributed by atoms with Crippen molar-refractivity contribution in [3.05, 3.63) is 57.8 Å². The second-order valence-electron chi connectivity index (χ2n) is 5.39. The molecule has 0 spiro atoms. The van der Waals surface area contributed by atoms with E-state index < -0.39 is 0 Å². The monoisotopic (exact) mass is 273 g/mol. The van der Waals surface area contributed by atoms with Gasteiger partial charge in [0.2, 0.25) is 0 Å². The molecule has 1 N–H and O–H groups in total. The Labute approximate surface area is 120 Å². The van der Waals surface area contributed by atoms with Crippen LogP contribution < -0.4 is 5.32 Å². The fraction of sp³-hybridized carbons (Fsp3) is 0.412. The maximum atomic E-state index is 3.59. The molecule has 0 bridgehead atoms. The topological polar surface area (TPSA) is 12.0 Å². The molecular weight excluding hydrogens is 250 g/mol. The van der Waals surface area contributed by atoms with E-state index in [1.807, 2.05) is 0 Å². The van der Waals surface area contributed by atoms with Crippen LogP contribution in [-0.4, -0.2) is 6.54 Å². The smallest absolute Gasteiger partial charge is 0.0584 e. The van der Waals surface area contributed by atoms with Crippen LogP contribution in [0.1, 0.15) is 43.5 Å². The zero-order valence-corrected chi connectivity index (χ0v) is 12.8. The van der Waals surface area contributed by atoms with Crippen LogP contribution in [0.4, 0.5) is 0 Å². The summed E-state index contributed by atoms with van der Waals surface area (Å²) in [4.78, 5) is 0. The molecule has 1 unspecified atom stereocenters. The van der Waals surface area contributed by atoms with Gasteiger partial charge < -0.3 is 5.32 Å². The molecule has 0 aliphatic carbocycles. The average Bonchev–Trinajstić information content (AvgIpc) is 2.89. The van der Waals surface area contributed by atoms with Gasteiger partial charge in [-0.05, 0) is 52.4 Å². The molecule has 0 radical (unpaired) electrons. The van der Waals surface area contributed by atoms with E-state index in [-0.39, 0.29) is 0 Å². The van der Waals surface area contributed by atoms with E-state index >= 15 is 0 Å². The van der Waals surface area contributed by atoms with Gasteiger partial charge in [0.05, 0.1) is 6.04 Å². The van der Waals surface area contributed by atoms with Gasteiger partial charge in [0.1, 0.15) is 0 Å². The third-order valence-corrected chi connectivity index (χ3v) is 3.91. The Morgan fingerprint density at radius 3 is 2.63 bits per heavy atom. The fourth-order valence-electron chi connectivity index (χ4n) is 2.44. The van der Waals surface area contributed by atoms with E-state index in [1.165, 1.54) is 16.7 Å². The molecule has 0 amide bonds. The SMILES string of the molecule is CCNC(c1ccsc1)c1cccc(CC(C)C)c1. The lowest BCUT2D eigenvalue weighted by Crippen LogP contribution is -2.21. The Morgan fingerprint density at radius 2 is 2.00 bits per heavy atom. The lowest BCUT2D eigenvalue weighted by atomic mass is 9.96. The Hall–Kier alpha value is -1.12. The zero-order chi connectivity index (χ0) is 13.7. The van der Waals surface area contributed by atoms with E-state index in [1.54, 1.807) is 11.3 Å². The van der Waals surface area contributed by atoms with Gasteiger partial charge in [-0.25, -0.2) is 0 Å². The van der Waals surface area contributed by atoms with Crippen molar-refractivity contribution in [3.63, 3.8) is 0 Å². The average molecular weight is 273 g/mol. The van der Waals surface area contributed by atoms with Crippen LogP contribution in [0.3, 0.4) is 0 Å². The summed E-state index contributed by atoms with van der Waals surface area (Å²) in [5.41, 5.74) is 4.18. The first kappa shape index (κ1) is 14.3. The van der Waals surface area contributed by atoms with Crippen molar-refractivity contribution in [2.45, 2.75) is 33.2 Å². The van der Waals surface area contributed by atoms with Gasteiger partial charge in [-0.2, -0.15) is 11.3 Å². The maximum absolute atomic E-state index is 3.59. The van der Waals surface area contributed by atoms with Crippen molar-refractivity contribution < 1.29 is 0 Å². The highest BCUT2D eigenvalue weighted by Gasteiger charge is 2.13. The summed E-state index contributed by atoms with van der Waals surface area (Å²) in [6.45, 7) is 7.69. The van der Waals surface area contributed by atoms with Crippen molar-refractivity contribution in [2.24, 2.45) is 5.92 Å². The molecule has 2 rings (SSSR count). The quantitative estimate of drug-likeness (QED) is 0.808. The number of rotatable bonds is 6. The van der Waals surface area contributed by atoms with Crippen LogP contribution in [0.15, 0.2) is 41.1 Å². The van der Waals surface area contributed by atoms with Crippen molar-refractivity contribution >= 4 is 11.3 Å². The molecule has 2 heteroatoms. The normalized spacial score (nSPS) is 12.8. The minimum absolute atomic E-state index is 0.323. The van der Waals surface area contributed by atoms with Crippen LogP contribution in [0.2, 0.25) is 0 Å². The molecule has 0 saturated heterocycles. The highest BCUT2D eigenvalue weighted by atomic mass is 32.1. The molecule has 0 fully saturated rings. The number of thiophene rings is 1. The summed E-state index contributed by atoms with van der Waals surface area (Å²) in [5, 5.41) is 7.98. The second kappa shape index (κ2) is 6.88. The molecule has 1 atom stereocenters. The molecule has 1 heterocycles.